The molecule has 1 aliphatic heterocycles. The van der Waals surface area contributed by atoms with Crippen LogP contribution in [-0.4, -0.2) is 16.2 Å². The molecule has 69 heavy (non-hydrogen) atoms. The summed E-state index contributed by atoms with van der Waals surface area (Å²) in [6.07, 6.45) is 1.89. The van der Waals surface area contributed by atoms with Gasteiger partial charge in [-0.2, -0.15) is 0 Å². The van der Waals surface area contributed by atoms with Crippen LogP contribution in [0.3, 0.4) is 0 Å². The molecule has 5 nitrogen and oxygen atoms in total. The molecule has 2 aromatic heterocycles. The quantitative estimate of drug-likeness (QED) is 0.160. The van der Waals surface area contributed by atoms with Crippen molar-refractivity contribution in [3.05, 3.63) is 192 Å². The number of fused-ring (bicyclic) bond motifs is 4. The second-order valence-corrected chi connectivity index (χ2v) is 22.7. The number of anilines is 4. The molecule has 0 unspecified atom stereocenters. The van der Waals surface area contributed by atoms with E-state index in [0.29, 0.717) is 23.7 Å². The van der Waals surface area contributed by atoms with E-state index in [-0.39, 0.29) is 51.4 Å². The van der Waals surface area contributed by atoms with Crippen LogP contribution in [0.15, 0.2) is 170 Å². The summed E-state index contributed by atoms with van der Waals surface area (Å²) in [7, 11) is 0. The molecule has 3 heterocycles. The highest BCUT2D eigenvalue weighted by molar-refractivity contribution is 6.09. The minimum atomic E-state index is -0.421. The summed E-state index contributed by atoms with van der Waals surface area (Å²) >= 11 is 0. The van der Waals surface area contributed by atoms with Gasteiger partial charge in [-0.15, -0.1) is 0 Å². The van der Waals surface area contributed by atoms with Crippen molar-refractivity contribution in [2.75, 3.05) is 16.5 Å². The van der Waals surface area contributed by atoms with E-state index in [4.69, 9.17) is 13.8 Å². The molecule has 0 N–H and O–H groups in total. The van der Waals surface area contributed by atoms with E-state index in [1.807, 2.05) is 36.5 Å². The largest absolute Gasteiger partial charge is 0.457 e. The topological polar surface area (TPSA) is 33.5 Å². The number of hydrogen-bond acceptors (Lipinski definition) is 4. The molecule has 9 aromatic rings. The standard InChI is InChI=1S/C64H66N4O/c1-61(2,3)44-31-32-65-59(38-44)68-55-26-17-16-25-51(55)52-30-29-50(40-58(52)68)69-49-24-20-23-48(39-49)66-41-67(57-28-19-18-27-56(57)66)60-53(42-21-14-13-15-22-42)36-47(64(10,11)12)37-54(60)43-33-45(62(4,5)6)35-46(34-43)63(7,8)9/h13-40H,41H2,1-12H3/i13D,14D,15D,21D,22D. The van der Waals surface area contributed by atoms with Gasteiger partial charge in [-0.1, -0.05) is 168 Å². The van der Waals surface area contributed by atoms with Crippen LogP contribution in [0.2, 0.25) is 0 Å². The van der Waals surface area contributed by atoms with Crippen LogP contribution >= 0.6 is 0 Å². The second-order valence-electron chi connectivity index (χ2n) is 22.7. The zero-order valence-electron chi connectivity index (χ0n) is 47.2. The highest BCUT2D eigenvalue weighted by Crippen LogP contribution is 2.52. The van der Waals surface area contributed by atoms with Gasteiger partial charge in [0.25, 0.3) is 0 Å². The van der Waals surface area contributed by atoms with Crippen molar-refractivity contribution in [1.29, 1.82) is 0 Å². The smallest absolute Gasteiger partial charge is 0.137 e. The van der Waals surface area contributed by atoms with E-state index < -0.39 is 6.04 Å². The van der Waals surface area contributed by atoms with E-state index in [2.05, 4.69) is 201 Å². The molecule has 0 spiro atoms. The number of ether oxygens (including phenoxy) is 1. The maximum absolute atomic E-state index is 9.45. The predicted molar refractivity (Wildman–Crippen MR) is 293 cm³/mol. The SMILES string of the molecule is [2H]c1c([2H])c([2H])c(-c2cc(C(C)(C)C)cc(-c3cc(C(C)(C)C)cc(C(C)(C)C)c3)c2N2CN(c3cccc(Oc4ccc5c6ccccc6n(-c6cc(C(C)(C)C)ccn6)c5c4)c3)c3ccccc32)c([2H])c1[2H]. The normalized spacial score (nSPS) is 14.4. The summed E-state index contributed by atoms with van der Waals surface area (Å²) in [5.41, 5.74) is 12.0. The fourth-order valence-corrected chi connectivity index (χ4v) is 9.55. The van der Waals surface area contributed by atoms with Gasteiger partial charge in [-0.3, -0.25) is 4.57 Å². The van der Waals surface area contributed by atoms with Crippen LogP contribution in [-0.2, 0) is 21.7 Å². The van der Waals surface area contributed by atoms with Crippen LogP contribution in [0.5, 0.6) is 11.5 Å². The predicted octanol–water partition coefficient (Wildman–Crippen LogP) is 17.7. The fraction of sp³-hybridized carbons (Fsp3) is 0.266. The number of benzene rings is 7. The number of nitrogens with zero attached hydrogens (tertiary/aromatic N) is 4. The summed E-state index contributed by atoms with van der Waals surface area (Å²) in [5.74, 6) is 2.20. The fourth-order valence-electron chi connectivity index (χ4n) is 9.55. The summed E-state index contributed by atoms with van der Waals surface area (Å²) < 4.78 is 54.4. The molecule has 348 valence electrons. The first-order valence-electron chi connectivity index (χ1n) is 26.6. The Morgan fingerprint density at radius 3 is 1.72 bits per heavy atom. The molecule has 10 rings (SSSR count). The van der Waals surface area contributed by atoms with Gasteiger partial charge in [0.2, 0.25) is 0 Å². The lowest BCUT2D eigenvalue weighted by atomic mass is 9.77. The van der Waals surface area contributed by atoms with Crippen LogP contribution in [0.1, 0.15) is 112 Å². The summed E-state index contributed by atoms with van der Waals surface area (Å²) in [4.78, 5) is 9.41. The monoisotopic (exact) mass is 912 g/mol. The van der Waals surface area contributed by atoms with E-state index in [1.54, 1.807) is 0 Å². The van der Waals surface area contributed by atoms with Crippen molar-refractivity contribution in [1.82, 2.24) is 9.55 Å². The Morgan fingerprint density at radius 2 is 1.06 bits per heavy atom. The first kappa shape index (κ1) is 39.8. The van der Waals surface area contributed by atoms with Crippen molar-refractivity contribution < 1.29 is 11.6 Å². The lowest BCUT2D eigenvalue weighted by Crippen LogP contribution is -2.25. The molecule has 1 aliphatic rings. The lowest BCUT2D eigenvalue weighted by Gasteiger charge is -2.31. The molecule has 7 aromatic carbocycles. The molecule has 0 bridgehead atoms. The van der Waals surface area contributed by atoms with Crippen molar-refractivity contribution in [3.8, 4) is 39.6 Å². The van der Waals surface area contributed by atoms with Gasteiger partial charge in [0.1, 0.15) is 24.0 Å². The molecule has 0 saturated heterocycles. The zero-order chi connectivity index (χ0) is 53.0. The van der Waals surface area contributed by atoms with Gasteiger partial charge in [-0.25, -0.2) is 4.98 Å². The molecule has 0 saturated carbocycles. The van der Waals surface area contributed by atoms with E-state index in [0.717, 1.165) is 67.1 Å². The van der Waals surface area contributed by atoms with Gasteiger partial charge >= 0.3 is 0 Å². The van der Waals surface area contributed by atoms with Gasteiger partial charge in [0.15, 0.2) is 0 Å². The van der Waals surface area contributed by atoms with E-state index in [1.165, 1.54) is 16.7 Å². The molecule has 0 atom stereocenters. The molecule has 0 radical (unpaired) electrons. The number of pyridine rings is 1. The van der Waals surface area contributed by atoms with Crippen molar-refractivity contribution >= 4 is 44.6 Å². The number of para-hydroxylation sites is 3. The van der Waals surface area contributed by atoms with Crippen LogP contribution < -0.4 is 14.5 Å². The minimum absolute atomic E-state index is 0.0529. The first-order chi connectivity index (χ1) is 34.8. The van der Waals surface area contributed by atoms with E-state index in [9.17, 15) is 2.74 Å². The number of rotatable bonds is 7. The molecule has 5 heteroatoms. The van der Waals surface area contributed by atoms with Crippen LogP contribution in [0, 0.1) is 0 Å². The van der Waals surface area contributed by atoms with Crippen LogP contribution in [0.25, 0.3) is 49.9 Å². The third kappa shape index (κ3) is 8.69. The Kier molecular flexibility index (Phi) is 9.72. The number of hydrogen-bond donors (Lipinski definition) is 0. The zero-order valence-corrected chi connectivity index (χ0v) is 42.2. The maximum atomic E-state index is 9.45. The highest BCUT2D eigenvalue weighted by Gasteiger charge is 2.34. The minimum Gasteiger partial charge on any atom is -0.457 e. The maximum Gasteiger partial charge on any atom is 0.137 e. The third-order valence-electron chi connectivity index (χ3n) is 13.6. The molecule has 0 aliphatic carbocycles. The van der Waals surface area contributed by atoms with Crippen LogP contribution in [0.4, 0.5) is 22.7 Å². The van der Waals surface area contributed by atoms with Gasteiger partial charge in [-0.05, 0) is 122 Å². The molecular weight excluding hydrogens is 841 g/mol. The first-order valence-corrected chi connectivity index (χ1v) is 24.1. The second kappa shape index (κ2) is 16.8. The number of aromatic nitrogens is 2. The molecule has 0 fully saturated rings. The molecular formula is C64H66N4O. The highest BCUT2D eigenvalue weighted by atomic mass is 16.5. The summed E-state index contributed by atoms with van der Waals surface area (Å²) in [5, 5.41) is 2.25. The Hall–Kier alpha value is -7.11. The van der Waals surface area contributed by atoms with Crippen molar-refractivity contribution in [2.24, 2.45) is 0 Å². The van der Waals surface area contributed by atoms with Crippen molar-refractivity contribution in [2.45, 2.75) is 105 Å². The van der Waals surface area contributed by atoms with Gasteiger partial charge in [0, 0.05) is 45.9 Å². The molecule has 0 amide bonds. The third-order valence-corrected chi connectivity index (χ3v) is 13.6. The Bertz CT molecular complexity index is 3640. The van der Waals surface area contributed by atoms with Gasteiger partial charge in [0.05, 0.1) is 34.9 Å². The lowest BCUT2D eigenvalue weighted by molar-refractivity contribution is 0.483. The van der Waals surface area contributed by atoms with Crippen molar-refractivity contribution in [3.63, 3.8) is 0 Å². The Balaban J connectivity index is 1.14. The summed E-state index contributed by atoms with van der Waals surface area (Å²) in [6, 6.07) is 45.0. The average molecular weight is 912 g/mol. The Morgan fingerprint density at radius 1 is 0.478 bits per heavy atom. The average Bonchev–Trinajstić information content (AvgIpc) is 3.91. The van der Waals surface area contributed by atoms with E-state index >= 15 is 0 Å². The van der Waals surface area contributed by atoms with Gasteiger partial charge < -0.3 is 14.5 Å². The Labute approximate surface area is 417 Å². The summed E-state index contributed by atoms with van der Waals surface area (Å²) in [6.45, 7) is 26.9.